The summed E-state index contributed by atoms with van der Waals surface area (Å²) in [6.45, 7) is 1.66. The zero-order chi connectivity index (χ0) is 15.6. The molecule has 0 fully saturated rings. The molecule has 0 saturated heterocycles. The molecule has 1 aromatic rings. The van der Waals surface area contributed by atoms with Gasteiger partial charge in [-0.2, -0.15) is 13.2 Å². The van der Waals surface area contributed by atoms with E-state index in [1.807, 2.05) is 0 Å². The minimum atomic E-state index is -5.31. The molecular formula is C13H13F3O4. The largest absolute Gasteiger partial charge is 0.467 e. The lowest BCUT2D eigenvalue weighted by atomic mass is 9.92. The standard InChI is InChI=1S/C13H13F3O4/c1-8-4-3-5-9(6-8)10(17)7-12(19,11(18)20-2)13(14,15)16/h3-6,19H,7H2,1-2H3. The summed E-state index contributed by atoms with van der Waals surface area (Å²) in [6, 6.07) is 5.83. The van der Waals surface area contributed by atoms with Gasteiger partial charge in [-0.1, -0.05) is 23.8 Å². The molecule has 1 aromatic carbocycles. The van der Waals surface area contributed by atoms with Crippen LogP contribution in [0.25, 0.3) is 0 Å². The number of alkyl halides is 3. The van der Waals surface area contributed by atoms with Crippen molar-refractivity contribution in [3.8, 4) is 0 Å². The van der Waals surface area contributed by atoms with E-state index in [0.717, 1.165) is 0 Å². The van der Waals surface area contributed by atoms with Crippen molar-refractivity contribution in [2.45, 2.75) is 25.1 Å². The number of benzene rings is 1. The Hall–Kier alpha value is -1.89. The molecule has 0 amide bonds. The topological polar surface area (TPSA) is 63.6 Å². The molecule has 0 saturated carbocycles. The minimum absolute atomic E-state index is 0.0171. The first-order valence-corrected chi connectivity index (χ1v) is 5.59. The van der Waals surface area contributed by atoms with Gasteiger partial charge < -0.3 is 9.84 Å². The monoisotopic (exact) mass is 290 g/mol. The van der Waals surface area contributed by atoms with Crippen LogP contribution in [0.3, 0.4) is 0 Å². The highest BCUT2D eigenvalue weighted by atomic mass is 19.4. The van der Waals surface area contributed by atoms with Crippen LogP contribution >= 0.6 is 0 Å². The Morgan fingerprint density at radius 1 is 1.30 bits per heavy atom. The molecule has 0 spiro atoms. The minimum Gasteiger partial charge on any atom is -0.467 e. The number of carbonyl (C=O) groups is 2. The van der Waals surface area contributed by atoms with Crippen molar-refractivity contribution in [1.29, 1.82) is 0 Å². The van der Waals surface area contributed by atoms with Crippen molar-refractivity contribution in [2.75, 3.05) is 7.11 Å². The van der Waals surface area contributed by atoms with Gasteiger partial charge in [-0.05, 0) is 13.0 Å². The molecule has 0 radical (unpaired) electrons. The van der Waals surface area contributed by atoms with Gasteiger partial charge in [0.05, 0.1) is 13.5 Å². The zero-order valence-corrected chi connectivity index (χ0v) is 10.8. The molecule has 0 aromatic heterocycles. The molecular weight excluding hydrogens is 277 g/mol. The van der Waals surface area contributed by atoms with Crippen molar-refractivity contribution in [2.24, 2.45) is 0 Å². The fourth-order valence-corrected chi connectivity index (χ4v) is 1.61. The zero-order valence-electron chi connectivity index (χ0n) is 10.8. The lowest BCUT2D eigenvalue weighted by molar-refractivity contribution is -0.260. The first-order chi connectivity index (χ1) is 9.11. The lowest BCUT2D eigenvalue weighted by Crippen LogP contribution is -2.54. The first-order valence-electron chi connectivity index (χ1n) is 5.59. The highest BCUT2D eigenvalue weighted by molar-refractivity contribution is 6.00. The molecule has 1 unspecified atom stereocenters. The number of methoxy groups -OCH3 is 1. The van der Waals surface area contributed by atoms with E-state index in [1.165, 1.54) is 18.2 Å². The van der Waals surface area contributed by atoms with Gasteiger partial charge in [0.2, 0.25) is 0 Å². The number of ether oxygens (including phenoxy) is 1. The summed E-state index contributed by atoms with van der Waals surface area (Å²) >= 11 is 0. The highest BCUT2D eigenvalue weighted by Gasteiger charge is 2.61. The van der Waals surface area contributed by atoms with Crippen LogP contribution in [0.15, 0.2) is 24.3 Å². The summed E-state index contributed by atoms with van der Waals surface area (Å²) in [5, 5.41) is 9.50. The van der Waals surface area contributed by atoms with Crippen LogP contribution in [-0.4, -0.2) is 35.7 Å². The van der Waals surface area contributed by atoms with Gasteiger partial charge in [-0.15, -0.1) is 0 Å². The SMILES string of the molecule is COC(=O)C(O)(CC(=O)c1cccc(C)c1)C(F)(F)F. The van der Waals surface area contributed by atoms with Gasteiger partial charge in [0, 0.05) is 5.56 Å². The normalized spacial score (nSPS) is 14.5. The summed E-state index contributed by atoms with van der Waals surface area (Å²) in [5.74, 6) is -2.91. The predicted molar refractivity (Wildman–Crippen MR) is 63.1 cm³/mol. The molecule has 0 aliphatic carbocycles. The Morgan fingerprint density at radius 2 is 1.90 bits per heavy atom. The van der Waals surface area contributed by atoms with Crippen molar-refractivity contribution >= 4 is 11.8 Å². The van der Waals surface area contributed by atoms with Crippen LogP contribution in [-0.2, 0) is 9.53 Å². The third-order valence-corrected chi connectivity index (χ3v) is 2.75. The molecule has 110 valence electrons. The van der Waals surface area contributed by atoms with Crippen LogP contribution in [0.4, 0.5) is 13.2 Å². The molecule has 0 bridgehead atoms. The second-order valence-corrected chi connectivity index (χ2v) is 4.32. The molecule has 0 aliphatic rings. The maximum Gasteiger partial charge on any atom is 0.428 e. The van der Waals surface area contributed by atoms with E-state index in [4.69, 9.17) is 0 Å². The number of esters is 1. The third-order valence-electron chi connectivity index (χ3n) is 2.75. The van der Waals surface area contributed by atoms with Gasteiger partial charge in [0.15, 0.2) is 5.78 Å². The Morgan fingerprint density at radius 3 is 2.35 bits per heavy atom. The molecule has 20 heavy (non-hydrogen) atoms. The van der Waals surface area contributed by atoms with Crippen LogP contribution in [0.1, 0.15) is 22.3 Å². The van der Waals surface area contributed by atoms with Gasteiger partial charge in [0.25, 0.3) is 5.60 Å². The fraction of sp³-hybridized carbons (Fsp3) is 0.385. The summed E-state index contributed by atoms with van der Waals surface area (Å²) in [7, 11) is 0.705. The number of Topliss-reactive ketones (excluding diaryl/α,β-unsaturated/α-hetero) is 1. The van der Waals surface area contributed by atoms with Crippen LogP contribution < -0.4 is 0 Å². The Balaban J connectivity index is 3.09. The van der Waals surface area contributed by atoms with Gasteiger partial charge in [-0.25, -0.2) is 4.79 Å². The maximum atomic E-state index is 12.8. The Kier molecular flexibility index (Phi) is 4.54. The van der Waals surface area contributed by atoms with E-state index in [9.17, 15) is 27.9 Å². The van der Waals surface area contributed by atoms with E-state index in [-0.39, 0.29) is 5.56 Å². The quantitative estimate of drug-likeness (QED) is 0.681. The lowest BCUT2D eigenvalue weighted by Gasteiger charge is -2.26. The third kappa shape index (κ3) is 3.16. The van der Waals surface area contributed by atoms with E-state index in [1.54, 1.807) is 13.0 Å². The molecule has 1 atom stereocenters. The molecule has 7 heteroatoms. The molecule has 0 aliphatic heterocycles. The second-order valence-electron chi connectivity index (χ2n) is 4.32. The van der Waals surface area contributed by atoms with Gasteiger partial charge in [0.1, 0.15) is 0 Å². The molecule has 0 heterocycles. The number of ketones is 1. The van der Waals surface area contributed by atoms with Crippen molar-refractivity contribution in [3.05, 3.63) is 35.4 Å². The number of halogens is 3. The van der Waals surface area contributed by atoms with Gasteiger partial charge >= 0.3 is 12.1 Å². The van der Waals surface area contributed by atoms with Crippen molar-refractivity contribution < 1.29 is 32.6 Å². The molecule has 1 rings (SSSR count). The number of hydrogen-bond acceptors (Lipinski definition) is 4. The van der Waals surface area contributed by atoms with Crippen LogP contribution in [0, 0.1) is 6.92 Å². The van der Waals surface area contributed by atoms with Crippen LogP contribution in [0.5, 0.6) is 0 Å². The predicted octanol–water partition coefficient (Wildman–Crippen LogP) is 2.03. The summed E-state index contributed by atoms with van der Waals surface area (Å²) < 4.78 is 42.3. The van der Waals surface area contributed by atoms with E-state index in [0.29, 0.717) is 12.7 Å². The maximum absolute atomic E-state index is 12.8. The Bertz CT molecular complexity index is 525. The summed E-state index contributed by atoms with van der Waals surface area (Å²) in [5.41, 5.74) is -3.19. The molecule has 1 N–H and O–H groups in total. The molecule has 4 nitrogen and oxygen atoms in total. The number of carbonyl (C=O) groups excluding carboxylic acids is 2. The van der Waals surface area contributed by atoms with E-state index >= 15 is 0 Å². The first kappa shape index (κ1) is 16.2. The van der Waals surface area contributed by atoms with Crippen molar-refractivity contribution in [3.63, 3.8) is 0 Å². The smallest absolute Gasteiger partial charge is 0.428 e. The van der Waals surface area contributed by atoms with E-state index < -0.39 is 30.0 Å². The number of rotatable bonds is 4. The van der Waals surface area contributed by atoms with Gasteiger partial charge in [-0.3, -0.25) is 4.79 Å². The summed E-state index contributed by atoms with van der Waals surface area (Å²) in [4.78, 5) is 23.0. The number of aliphatic hydroxyl groups is 1. The summed E-state index contributed by atoms with van der Waals surface area (Å²) in [6.07, 6.45) is -6.73. The second kappa shape index (κ2) is 5.62. The number of hydrogen-bond donors (Lipinski definition) is 1. The fourth-order valence-electron chi connectivity index (χ4n) is 1.61. The Labute approximate surface area is 113 Å². The average molecular weight is 290 g/mol. The number of aryl methyl sites for hydroxylation is 1. The van der Waals surface area contributed by atoms with E-state index in [2.05, 4.69) is 4.74 Å². The van der Waals surface area contributed by atoms with Crippen molar-refractivity contribution in [1.82, 2.24) is 0 Å². The average Bonchev–Trinajstić information content (AvgIpc) is 2.36. The van der Waals surface area contributed by atoms with Crippen LogP contribution in [0.2, 0.25) is 0 Å². The highest BCUT2D eigenvalue weighted by Crippen LogP contribution is 2.35.